The Balaban J connectivity index is 2.86. The van der Waals surface area contributed by atoms with Crippen LogP contribution < -0.4 is 15.8 Å². The number of carbonyl (C=O) groups excluding carboxylic acids is 1. The number of nitro groups is 1. The predicted octanol–water partition coefficient (Wildman–Crippen LogP) is 0.186. The third kappa shape index (κ3) is 3.39. The van der Waals surface area contributed by atoms with E-state index in [4.69, 9.17) is 10.5 Å². The second kappa shape index (κ2) is 5.92. The SMILES string of the molecule is CNC(COc1cc(F)ccc1[N+](=O)[O-])C(N)=O. The van der Waals surface area contributed by atoms with Gasteiger partial charge in [0.25, 0.3) is 0 Å². The molecule has 3 N–H and O–H groups in total. The first-order valence-corrected chi connectivity index (χ1v) is 4.99. The van der Waals surface area contributed by atoms with Gasteiger partial charge in [0.15, 0.2) is 5.75 Å². The number of hydrogen-bond acceptors (Lipinski definition) is 5. The lowest BCUT2D eigenvalue weighted by molar-refractivity contribution is -0.385. The second-order valence-electron chi connectivity index (χ2n) is 3.42. The standard InChI is InChI=1S/C10H12FN3O4/c1-13-7(10(12)15)5-18-9-4-6(11)2-3-8(9)14(16)17/h2-4,7,13H,5H2,1H3,(H2,12,15). The maximum absolute atomic E-state index is 13.0. The maximum atomic E-state index is 13.0. The van der Waals surface area contributed by atoms with Crippen molar-refractivity contribution in [3.8, 4) is 5.75 Å². The summed E-state index contributed by atoms with van der Waals surface area (Å²) in [5.41, 5.74) is 4.67. The predicted molar refractivity (Wildman–Crippen MR) is 60.6 cm³/mol. The van der Waals surface area contributed by atoms with Crippen LogP contribution in [0.5, 0.6) is 5.75 Å². The number of nitro benzene ring substituents is 1. The number of likely N-dealkylation sites (N-methyl/N-ethyl adjacent to an activating group) is 1. The molecule has 0 saturated carbocycles. The van der Waals surface area contributed by atoms with Gasteiger partial charge in [-0.05, 0) is 13.1 Å². The van der Waals surface area contributed by atoms with Crippen LogP contribution in [0.1, 0.15) is 0 Å². The second-order valence-corrected chi connectivity index (χ2v) is 3.42. The molecule has 0 bridgehead atoms. The Hall–Kier alpha value is -2.22. The molecule has 0 spiro atoms. The number of benzene rings is 1. The van der Waals surface area contributed by atoms with E-state index in [-0.39, 0.29) is 18.0 Å². The molecule has 1 atom stereocenters. The van der Waals surface area contributed by atoms with Crippen LogP contribution in [0.2, 0.25) is 0 Å². The first kappa shape index (κ1) is 13.8. The highest BCUT2D eigenvalue weighted by Crippen LogP contribution is 2.27. The summed E-state index contributed by atoms with van der Waals surface area (Å²) in [6, 6.07) is 2.01. The van der Waals surface area contributed by atoms with Gasteiger partial charge in [-0.2, -0.15) is 0 Å². The number of amides is 1. The van der Waals surface area contributed by atoms with Crippen LogP contribution in [0, 0.1) is 15.9 Å². The highest BCUT2D eigenvalue weighted by Gasteiger charge is 2.19. The number of primary amides is 1. The van der Waals surface area contributed by atoms with Gasteiger partial charge in [0.05, 0.1) is 4.92 Å². The zero-order valence-electron chi connectivity index (χ0n) is 9.55. The monoisotopic (exact) mass is 257 g/mol. The van der Waals surface area contributed by atoms with Crippen molar-refractivity contribution in [1.82, 2.24) is 5.32 Å². The number of rotatable bonds is 6. The van der Waals surface area contributed by atoms with Gasteiger partial charge < -0.3 is 15.8 Å². The molecule has 1 amide bonds. The minimum atomic E-state index is -0.812. The molecule has 0 fully saturated rings. The molecule has 0 aliphatic rings. The van der Waals surface area contributed by atoms with E-state index in [0.717, 1.165) is 18.2 Å². The molecule has 7 nitrogen and oxygen atoms in total. The van der Waals surface area contributed by atoms with Crippen LogP contribution in [0.4, 0.5) is 10.1 Å². The van der Waals surface area contributed by atoms with Crippen molar-refractivity contribution < 1.29 is 18.8 Å². The molecule has 0 aliphatic heterocycles. The number of nitrogens with one attached hydrogen (secondary N) is 1. The average molecular weight is 257 g/mol. The summed E-state index contributed by atoms with van der Waals surface area (Å²) in [7, 11) is 1.48. The van der Waals surface area contributed by atoms with Gasteiger partial charge in [-0.3, -0.25) is 14.9 Å². The van der Waals surface area contributed by atoms with Crippen LogP contribution in [0.15, 0.2) is 18.2 Å². The fourth-order valence-corrected chi connectivity index (χ4v) is 1.24. The third-order valence-corrected chi connectivity index (χ3v) is 2.22. The van der Waals surface area contributed by atoms with Gasteiger partial charge >= 0.3 is 5.69 Å². The van der Waals surface area contributed by atoms with Crippen LogP contribution in [0.25, 0.3) is 0 Å². The molecular formula is C10H12FN3O4. The number of nitrogens with two attached hydrogens (primary N) is 1. The normalized spacial score (nSPS) is 11.9. The highest BCUT2D eigenvalue weighted by atomic mass is 19.1. The third-order valence-electron chi connectivity index (χ3n) is 2.22. The van der Waals surface area contributed by atoms with Crippen molar-refractivity contribution in [1.29, 1.82) is 0 Å². The largest absolute Gasteiger partial charge is 0.485 e. The molecule has 1 rings (SSSR count). The zero-order chi connectivity index (χ0) is 13.7. The molecule has 1 aromatic rings. The molecule has 0 aliphatic carbocycles. The molecule has 0 heterocycles. The number of carbonyl (C=O) groups is 1. The summed E-state index contributed by atoms with van der Waals surface area (Å²) in [5.74, 6) is -1.59. The lowest BCUT2D eigenvalue weighted by Gasteiger charge is -2.13. The summed E-state index contributed by atoms with van der Waals surface area (Å²) >= 11 is 0. The van der Waals surface area contributed by atoms with Crippen molar-refractivity contribution in [3.63, 3.8) is 0 Å². The van der Waals surface area contributed by atoms with Crippen LogP contribution in [0.3, 0.4) is 0 Å². The van der Waals surface area contributed by atoms with Gasteiger partial charge in [0.1, 0.15) is 18.5 Å². The Bertz CT molecular complexity index is 466. The van der Waals surface area contributed by atoms with E-state index in [9.17, 15) is 19.3 Å². The quantitative estimate of drug-likeness (QED) is 0.558. The van der Waals surface area contributed by atoms with Gasteiger partial charge in [0, 0.05) is 12.1 Å². The van der Waals surface area contributed by atoms with Crippen molar-refractivity contribution in [2.45, 2.75) is 6.04 Å². The van der Waals surface area contributed by atoms with E-state index in [1.807, 2.05) is 0 Å². The molecule has 1 aromatic carbocycles. The molecule has 1 unspecified atom stereocenters. The van der Waals surface area contributed by atoms with Crippen molar-refractivity contribution in [2.75, 3.05) is 13.7 Å². The Labute approximate surface area is 102 Å². The summed E-state index contributed by atoms with van der Waals surface area (Å²) in [4.78, 5) is 20.9. The van der Waals surface area contributed by atoms with Gasteiger partial charge in [-0.1, -0.05) is 0 Å². The summed E-state index contributed by atoms with van der Waals surface area (Å²) in [6.45, 7) is -0.226. The Morgan fingerprint density at radius 3 is 2.83 bits per heavy atom. The number of hydrogen-bond donors (Lipinski definition) is 2. The van der Waals surface area contributed by atoms with Gasteiger partial charge in [-0.25, -0.2) is 4.39 Å². The molecular weight excluding hydrogens is 245 g/mol. The van der Waals surface area contributed by atoms with Crippen molar-refractivity contribution in [2.24, 2.45) is 5.73 Å². The summed E-state index contributed by atoms with van der Waals surface area (Å²) in [6.07, 6.45) is 0. The van der Waals surface area contributed by atoms with Crippen LogP contribution in [-0.4, -0.2) is 30.5 Å². The first-order chi connectivity index (χ1) is 8.45. The zero-order valence-corrected chi connectivity index (χ0v) is 9.55. The highest BCUT2D eigenvalue weighted by molar-refractivity contribution is 5.80. The van der Waals surface area contributed by atoms with E-state index in [2.05, 4.69) is 5.32 Å². The fraction of sp³-hybridized carbons (Fsp3) is 0.300. The average Bonchev–Trinajstić information content (AvgIpc) is 2.29. The Morgan fingerprint density at radius 2 is 2.33 bits per heavy atom. The minimum Gasteiger partial charge on any atom is -0.485 e. The summed E-state index contributed by atoms with van der Waals surface area (Å²) in [5, 5.41) is 13.2. The van der Waals surface area contributed by atoms with E-state index < -0.39 is 22.7 Å². The molecule has 98 valence electrons. The van der Waals surface area contributed by atoms with Gasteiger partial charge in [-0.15, -0.1) is 0 Å². The Kier molecular flexibility index (Phi) is 4.55. The number of halogens is 1. The van der Waals surface area contributed by atoms with E-state index in [1.165, 1.54) is 7.05 Å². The summed E-state index contributed by atoms with van der Waals surface area (Å²) < 4.78 is 18.0. The van der Waals surface area contributed by atoms with Crippen LogP contribution in [-0.2, 0) is 4.79 Å². The maximum Gasteiger partial charge on any atom is 0.311 e. The van der Waals surface area contributed by atoms with Crippen molar-refractivity contribution >= 4 is 11.6 Å². The molecule has 8 heteroatoms. The molecule has 0 saturated heterocycles. The molecule has 0 radical (unpaired) electrons. The lowest BCUT2D eigenvalue weighted by Crippen LogP contribution is -2.43. The number of nitrogens with zero attached hydrogens (tertiary/aromatic N) is 1. The van der Waals surface area contributed by atoms with Crippen LogP contribution >= 0.6 is 0 Å². The molecule has 18 heavy (non-hydrogen) atoms. The Morgan fingerprint density at radius 1 is 1.67 bits per heavy atom. The first-order valence-electron chi connectivity index (χ1n) is 4.99. The van der Waals surface area contributed by atoms with Gasteiger partial charge in [0.2, 0.25) is 5.91 Å². The van der Waals surface area contributed by atoms with E-state index in [1.54, 1.807) is 0 Å². The van der Waals surface area contributed by atoms with E-state index >= 15 is 0 Å². The molecule has 0 aromatic heterocycles. The van der Waals surface area contributed by atoms with Crippen molar-refractivity contribution in [3.05, 3.63) is 34.1 Å². The fourth-order valence-electron chi connectivity index (χ4n) is 1.24. The number of ether oxygens (including phenoxy) is 1. The lowest BCUT2D eigenvalue weighted by atomic mass is 10.2. The topological polar surface area (TPSA) is 107 Å². The minimum absolute atomic E-state index is 0.226. The van der Waals surface area contributed by atoms with E-state index in [0.29, 0.717) is 0 Å². The smallest absolute Gasteiger partial charge is 0.311 e.